The van der Waals surface area contributed by atoms with E-state index in [1.807, 2.05) is 13.8 Å². The second-order valence-corrected chi connectivity index (χ2v) is 9.06. The number of hydrogen-bond donors (Lipinski definition) is 0. The van der Waals surface area contributed by atoms with Crippen molar-refractivity contribution in [2.45, 2.75) is 31.2 Å². The van der Waals surface area contributed by atoms with Crippen molar-refractivity contribution in [2.75, 3.05) is 0 Å². The van der Waals surface area contributed by atoms with Crippen molar-refractivity contribution in [3.63, 3.8) is 0 Å². The van der Waals surface area contributed by atoms with Crippen LogP contribution in [0.5, 0.6) is 0 Å². The van der Waals surface area contributed by atoms with Crippen molar-refractivity contribution >= 4 is 27.9 Å². The third kappa shape index (κ3) is 4.99. The van der Waals surface area contributed by atoms with Crippen molar-refractivity contribution in [3.8, 4) is 0 Å². The molecule has 0 fully saturated rings. The molecule has 0 aromatic heterocycles. The van der Waals surface area contributed by atoms with E-state index in [1.165, 1.54) is 18.2 Å². The Labute approximate surface area is 177 Å². The summed E-state index contributed by atoms with van der Waals surface area (Å²) >= 11 is 0. The highest BCUT2D eigenvalue weighted by Gasteiger charge is 2.49. The third-order valence-corrected chi connectivity index (χ3v) is 5.73. The summed E-state index contributed by atoms with van der Waals surface area (Å²) in [6.45, 7) is 3.77. The van der Waals surface area contributed by atoms with Crippen LogP contribution in [0.1, 0.15) is 47.3 Å². The zero-order valence-corrected chi connectivity index (χ0v) is 17.5. The molecule has 5 nitrogen and oxygen atoms in total. The average Bonchev–Trinajstić information content (AvgIpc) is 2.70. The number of esters is 1. The molecule has 0 amide bonds. The Bertz CT molecular complexity index is 1150. The maximum absolute atomic E-state index is 12.8. The van der Waals surface area contributed by atoms with Crippen LogP contribution in [-0.4, -0.2) is 19.9 Å². The lowest BCUT2D eigenvalue weighted by Gasteiger charge is -2.31. The Morgan fingerprint density at radius 3 is 2.42 bits per heavy atom. The molecule has 0 heterocycles. The van der Waals surface area contributed by atoms with E-state index in [-0.39, 0.29) is 11.3 Å². The first kappa shape index (κ1) is 22.6. The summed E-state index contributed by atoms with van der Waals surface area (Å²) in [5.41, 5.74) is -4.27. The first-order chi connectivity index (χ1) is 14.4. The largest absolute Gasteiger partial charge is 0.534 e. The van der Waals surface area contributed by atoms with Gasteiger partial charge in [-0.15, -0.1) is 0 Å². The van der Waals surface area contributed by atoms with Gasteiger partial charge < -0.3 is 8.92 Å². The zero-order valence-electron chi connectivity index (χ0n) is 16.6. The molecular formula is C22H19F3O5S. The molecule has 0 radical (unpaired) electrons. The minimum atomic E-state index is -5.80. The highest BCUT2D eigenvalue weighted by molar-refractivity contribution is 7.87. The van der Waals surface area contributed by atoms with Crippen molar-refractivity contribution < 1.29 is 35.3 Å². The molecule has 0 N–H and O–H groups in total. The van der Waals surface area contributed by atoms with Crippen LogP contribution in [0.25, 0.3) is 11.8 Å². The van der Waals surface area contributed by atoms with Crippen LogP contribution in [0, 0.1) is 0 Å². The van der Waals surface area contributed by atoms with Gasteiger partial charge >= 0.3 is 21.6 Å². The number of carbonyl (C=O) groups is 1. The molecule has 2 aromatic rings. The van der Waals surface area contributed by atoms with E-state index in [0.717, 1.165) is 6.26 Å². The molecule has 2 aromatic carbocycles. The SMILES string of the molecule is CC1(C)CC=C(OS(=O)(=O)C(F)(F)F)c2cc(/C=C/OC(=O)c3ccccc3)ccc21. The molecule has 0 saturated heterocycles. The van der Waals surface area contributed by atoms with Gasteiger partial charge in [-0.3, -0.25) is 0 Å². The summed E-state index contributed by atoms with van der Waals surface area (Å²) in [6.07, 6.45) is 4.22. The van der Waals surface area contributed by atoms with Gasteiger partial charge in [-0.2, -0.15) is 21.6 Å². The molecule has 0 unspecified atom stereocenters. The molecule has 31 heavy (non-hydrogen) atoms. The fourth-order valence-corrected chi connectivity index (χ4v) is 3.58. The fourth-order valence-electron chi connectivity index (χ4n) is 3.09. The first-order valence-corrected chi connectivity index (χ1v) is 10.6. The standard InChI is InChI=1S/C22H19F3O5S/c1-21(2)12-10-19(30-31(27,28)22(23,24)25)17-14-15(8-9-18(17)21)11-13-29-20(26)16-6-4-3-5-7-16/h3-11,13-14H,12H2,1-2H3/b13-11+. The van der Waals surface area contributed by atoms with Gasteiger partial charge in [-0.1, -0.05) is 44.2 Å². The monoisotopic (exact) mass is 452 g/mol. The van der Waals surface area contributed by atoms with E-state index in [1.54, 1.807) is 42.5 Å². The first-order valence-electron chi connectivity index (χ1n) is 9.19. The quantitative estimate of drug-likeness (QED) is 0.263. The van der Waals surface area contributed by atoms with E-state index in [0.29, 0.717) is 23.1 Å². The van der Waals surface area contributed by atoms with E-state index in [2.05, 4.69) is 4.18 Å². The van der Waals surface area contributed by atoms with E-state index in [4.69, 9.17) is 4.74 Å². The lowest BCUT2D eigenvalue weighted by Crippen LogP contribution is -2.27. The Kier molecular flexibility index (Phi) is 6.00. The molecule has 0 bridgehead atoms. The van der Waals surface area contributed by atoms with Crippen LogP contribution in [0.4, 0.5) is 13.2 Å². The lowest BCUT2D eigenvalue weighted by atomic mass is 9.75. The smallest absolute Gasteiger partial charge is 0.431 e. The normalized spacial score (nSPS) is 15.8. The zero-order chi connectivity index (χ0) is 22.9. The van der Waals surface area contributed by atoms with Gasteiger partial charge in [0.25, 0.3) is 0 Å². The molecule has 164 valence electrons. The van der Waals surface area contributed by atoms with Gasteiger partial charge in [-0.05, 0) is 53.3 Å². The number of hydrogen-bond acceptors (Lipinski definition) is 5. The van der Waals surface area contributed by atoms with Crippen molar-refractivity contribution in [2.24, 2.45) is 0 Å². The Balaban J connectivity index is 1.87. The number of ether oxygens (including phenoxy) is 1. The minimum Gasteiger partial charge on any atom is -0.431 e. The maximum atomic E-state index is 12.8. The highest BCUT2D eigenvalue weighted by Crippen LogP contribution is 2.41. The van der Waals surface area contributed by atoms with Crippen LogP contribution in [0.3, 0.4) is 0 Å². The average molecular weight is 452 g/mol. The summed E-state index contributed by atoms with van der Waals surface area (Å²) in [5.74, 6) is -0.959. The predicted molar refractivity (Wildman–Crippen MR) is 109 cm³/mol. The number of allylic oxidation sites excluding steroid dienone is 1. The number of halogens is 3. The molecular weight excluding hydrogens is 433 g/mol. The number of alkyl halides is 3. The summed E-state index contributed by atoms with van der Waals surface area (Å²) in [4.78, 5) is 12.0. The number of benzene rings is 2. The van der Waals surface area contributed by atoms with Crippen molar-refractivity contribution in [1.29, 1.82) is 0 Å². The lowest BCUT2D eigenvalue weighted by molar-refractivity contribution is -0.0509. The fraction of sp³-hybridized carbons (Fsp3) is 0.227. The number of fused-ring (bicyclic) bond motifs is 1. The van der Waals surface area contributed by atoms with Gasteiger partial charge in [-0.25, -0.2) is 4.79 Å². The van der Waals surface area contributed by atoms with Gasteiger partial charge in [0.15, 0.2) is 0 Å². The van der Waals surface area contributed by atoms with Crippen molar-refractivity contribution in [1.82, 2.24) is 0 Å². The molecule has 9 heteroatoms. The molecule has 0 atom stereocenters. The van der Waals surface area contributed by atoms with Crippen LogP contribution >= 0.6 is 0 Å². The van der Waals surface area contributed by atoms with Gasteiger partial charge in [0, 0.05) is 5.56 Å². The van der Waals surface area contributed by atoms with Crippen LogP contribution in [-0.2, 0) is 24.5 Å². The number of rotatable bonds is 5. The summed E-state index contributed by atoms with van der Waals surface area (Å²) in [6, 6.07) is 13.2. The van der Waals surface area contributed by atoms with Crippen LogP contribution in [0.2, 0.25) is 0 Å². The van der Waals surface area contributed by atoms with Gasteiger partial charge in [0.2, 0.25) is 0 Å². The van der Waals surface area contributed by atoms with Crippen LogP contribution in [0.15, 0.2) is 60.9 Å². The van der Waals surface area contributed by atoms with Gasteiger partial charge in [0.1, 0.15) is 5.76 Å². The molecule has 0 aliphatic heterocycles. The maximum Gasteiger partial charge on any atom is 0.534 e. The predicted octanol–water partition coefficient (Wildman–Crippen LogP) is 5.40. The molecule has 1 aliphatic rings. The topological polar surface area (TPSA) is 69.7 Å². The van der Waals surface area contributed by atoms with E-state index < -0.39 is 27.0 Å². The highest BCUT2D eigenvalue weighted by atomic mass is 32.2. The minimum absolute atomic E-state index is 0.223. The Hall–Kier alpha value is -3.07. The molecule has 3 rings (SSSR count). The Morgan fingerprint density at radius 1 is 1.10 bits per heavy atom. The second-order valence-electron chi connectivity index (χ2n) is 7.52. The molecule has 0 saturated carbocycles. The van der Waals surface area contributed by atoms with E-state index in [9.17, 15) is 26.4 Å². The number of carbonyl (C=O) groups excluding carboxylic acids is 1. The second kappa shape index (κ2) is 8.22. The molecule has 1 aliphatic carbocycles. The van der Waals surface area contributed by atoms with Gasteiger partial charge in [0.05, 0.1) is 11.8 Å². The molecule has 0 spiro atoms. The van der Waals surface area contributed by atoms with Crippen molar-refractivity contribution in [3.05, 3.63) is 83.1 Å². The van der Waals surface area contributed by atoms with Crippen LogP contribution < -0.4 is 0 Å². The summed E-state index contributed by atoms with van der Waals surface area (Å²) in [5, 5.41) is 0. The summed E-state index contributed by atoms with van der Waals surface area (Å²) < 4.78 is 70.8. The Morgan fingerprint density at radius 2 is 1.77 bits per heavy atom. The van der Waals surface area contributed by atoms with E-state index >= 15 is 0 Å². The summed E-state index contributed by atoms with van der Waals surface area (Å²) in [7, 11) is -5.80. The third-order valence-electron chi connectivity index (χ3n) is 4.76.